The third-order valence-electron chi connectivity index (χ3n) is 4.09. The number of ether oxygens (including phenoxy) is 6. The molecule has 0 heterocycles. The summed E-state index contributed by atoms with van der Waals surface area (Å²) in [6.07, 6.45) is 5.79. The van der Waals surface area contributed by atoms with Crippen molar-refractivity contribution in [3.05, 3.63) is 0 Å². The SMILES string of the molecule is C#CCCC(=O)NCCOCCOCC(=O)NCCOCCOCC(=O)NCCOCCOCC(C)=O.CC.CC. The minimum atomic E-state index is -0.273. The molecule has 0 saturated heterocycles. The van der Waals surface area contributed by atoms with E-state index in [-0.39, 0.29) is 63.1 Å². The molecule has 3 amide bonds. The molecule has 13 nitrogen and oxygen atoms in total. The molecule has 0 fully saturated rings. The van der Waals surface area contributed by atoms with Gasteiger partial charge in [0.25, 0.3) is 0 Å². The van der Waals surface area contributed by atoms with Gasteiger partial charge in [-0.05, 0) is 6.92 Å². The molecule has 0 unspecified atom stereocenters. The second-order valence-corrected chi connectivity index (χ2v) is 7.45. The van der Waals surface area contributed by atoms with Gasteiger partial charge in [-0.1, -0.05) is 27.7 Å². The van der Waals surface area contributed by atoms with E-state index >= 15 is 0 Å². The summed E-state index contributed by atoms with van der Waals surface area (Å²) in [7, 11) is 0. The molecule has 0 atom stereocenters. The number of terminal acetylenes is 1. The minimum Gasteiger partial charge on any atom is -0.377 e. The molecule has 3 N–H and O–H groups in total. The summed E-state index contributed by atoms with van der Waals surface area (Å²) in [6.45, 7) is 13.1. The Morgan fingerprint density at radius 2 is 0.878 bits per heavy atom. The van der Waals surface area contributed by atoms with Crippen LogP contribution >= 0.6 is 0 Å². The van der Waals surface area contributed by atoms with Crippen LogP contribution in [0.2, 0.25) is 0 Å². The molecule has 0 bridgehead atoms. The molecule has 0 rings (SSSR count). The third kappa shape index (κ3) is 39.6. The van der Waals surface area contributed by atoms with Crippen molar-refractivity contribution in [2.75, 3.05) is 98.9 Å². The number of hydrogen-bond donors (Lipinski definition) is 3. The molecule has 0 aromatic heterocycles. The number of Topliss-reactive ketones (excluding diaryl/α,β-unsaturated/α-hetero) is 1. The fourth-order valence-electron chi connectivity index (χ4n) is 2.37. The first-order valence-corrected chi connectivity index (χ1v) is 14.1. The molecule has 0 spiro atoms. The number of ketones is 1. The van der Waals surface area contributed by atoms with Crippen LogP contribution in [-0.4, -0.2) is 122 Å². The molecule has 0 aliphatic heterocycles. The van der Waals surface area contributed by atoms with Crippen LogP contribution in [0.15, 0.2) is 0 Å². The van der Waals surface area contributed by atoms with Gasteiger partial charge < -0.3 is 44.4 Å². The average Bonchev–Trinajstić information content (AvgIpc) is 2.97. The van der Waals surface area contributed by atoms with Crippen molar-refractivity contribution in [3.8, 4) is 12.3 Å². The largest absolute Gasteiger partial charge is 0.377 e. The lowest BCUT2D eigenvalue weighted by molar-refractivity contribution is -0.127. The maximum absolute atomic E-state index is 11.7. The molecular formula is C28H53N3O10. The normalized spacial score (nSPS) is 9.76. The Labute approximate surface area is 246 Å². The van der Waals surface area contributed by atoms with E-state index in [0.717, 1.165) is 0 Å². The second-order valence-electron chi connectivity index (χ2n) is 7.45. The first kappa shape index (κ1) is 42.9. The van der Waals surface area contributed by atoms with Gasteiger partial charge in [-0.25, -0.2) is 0 Å². The van der Waals surface area contributed by atoms with E-state index in [0.29, 0.717) is 72.1 Å². The maximum atomic E-state index is 11.7. The molecule has 0 saturated carbocycles. The zero-order valence-corrected chi connectivity index (χ0v) is 25.7. The summed E-state index contributed by atoms with van der Waals surface area (Å²) in [6, 6.07) is 0. The van der Waals surface area contributed by atoms with E-state index in [1.54, 1.807) is 0 Å². The van der Waals surface area contributed by atoms with Crippen molar-refractivity contribution in [2.45, 2.75) is 47.5 Å². The van der Waals surface area contributed by atoms with Crippen molar-refractivity contribution >= 4 is 23.5 Å². The Balaban J connectivity index is -0.00000344. The van der Waals surface area contributed by atoms with Gasteiger partial charge in [-0.3, -0.25) is 19.2 Å². The molecule has 0 aliphatic carbocycles. The molecule has 0 aromatic rings. The first-order valence-electron chi connectivity index (χ1n) is 14.1. The lowest BCUT2D eigenvalue weighted by Crippen LogP contribution is -2.32. The van der Waals surface area contributed by atoms with Crippen LogP contribution in [0.1, 0.15) is 47.5 Å². The summed E-state index contributed by atoms with van der Waals surface area (Å²) in [5.74, 6) is 1.70. The number of nitrogens with one attached hydrogen (secondary N) is 3. The standard InChI is InChI=1S/C24H41N3O10.2C2H6/c1-3-4-5-22(29)25-6-9-32-13-16-36-19-24(31)27-8-11-34-14-17-37-20-23(30)26-7-10-33-12-15-35-18-21(2)28;2*1-2/h1H,4-20H2,2H3,(H,25,29)(H,26,30)(H,27,31);2*1-2H3. The van der Waals surface area contributed by atoms with Crippen LogP contribution in [0, 0.1) is 12.3 Å². The maximum Gasteiger partial charge on any atom is 0.246 e. The smallest absolute Gasteiger partial charge is 0.246 e. The Bertz CT molecular complexity index is 672. The lowest BCUT2D eigenvalue weighted by Gasteiger charge is -2.09. The number of hydrogen-bond acceptors (Lipinski definition) is 10. The van der Waals surface area contributed by atoms with Gasteiger partial charge in [-0.2, -0.15) is 0 Å². The van der Waals surface area contributed by atoms with Crippen molar-refractivity contribution in [3.63, 3.8) is 0 Å². The van der Waals surface area contributed by atoms with E-state index < -0.39 is 0 Å². The van der Waals surface area contributed by atoms with Gasteiger partial charge in [0.2, 0.25) is 17.7 Å². The fraction of sp³-hybridized carbons (Fsp3) is 0.786. The number of amides is 3. The van der Waals surface area contributed by atoms with Crippen molar-refractivity contribution in [1.82, 2.24) is 16.0 Å². The Morgan fingerprint density at radius 3 is 1.24 bits per heavy atom. The molecule has 0 radical (unpaired) electrons. The van der Waals surface area contributed by atoms with Gasteiger partial charge in [0.1, 0.15) is 19.8 Å². The van der Waals surface area contributed by atoms with E-state index in [4.69, 9.17) is 34.8 Å². The second kappa shape index (κ2) is 37.4. The quantitative estimate of drug-likeness (QED) is 0.0954. The van der Waals surface area contributed by atoms with Crippen LogP contribution in [0.5, 0.6) is 0 Å². The molecule has 41 heavy (non-hydrogen) atoms. The van der Waals surface area contributed by atoms with Gasteiger partial charge >= 0.3 is 0 Å². The molecule has 0 aliphatic rings. The highest BCUT2D eigenvalue weighted by molar-refractivity contribution is 5.77. The third-order valence-corrected chi connectivity index (χ3v) is 4.09. The van der Waals surface area contributed by atoms with Crippen molar-refractivity contribution < 1.29 is 47.6 Å². The summed E-state index contributed by atoms with van der Waals surface area (Å²) in [5.41, 5.74) is 0. The molecule has 240 valence electrons. The van der Waals surface area contributed by atoms with Gasteiger partial charge in [-0.15, -0.1) is 12.3 Å². The molecule has 13 heteroatoms. The lowest BCUT2D eigenvalue weighted by atomic mass is 10.3. The van der Waals surface area contributed by atoms with Gasteiger partial charge in [0.05, 0.1) is 59.5 Å². The summed E-state index contributed by atoms with van der Waals surface area (Å²) >= 11 is 0. The highest BCUT2D eigenvalue weighted by Crippen LogP contribution is 1.86. The molecular weight excluding hydrogens is 538 g/mol. The average molecular weight is 592 g/mol. The van der Waals surface area contributed by atoms with E-state index in [9.17, 15) is 19.2 Å². The number of carbonyl (C=O) groups is 4. The topological polar surface area (TPSA) is 160 Å². The van der Waals surface area contributed by atoms with Crippen LogP contribution in [-0.2, 0) is 47.6 Å². The predicted octanol–water partition coefficient (Wildman–Crippen LogP) is 0.489. The van der Waals surface area contributed by atoms with Crippen LogP contribution in [0.4, 0.5) is 0 Å². The van der Waals surface area contributed by atoms with Crippen LogP contribution in [0.3, 0.4) is 0 Å². The van der Waals surface area contributed by atoms with E-state index in [2.05, 4.69) is 21.9 Å². The van der Waals surface area contributed by atoms with Gasteiger partial charge in [0, 0.05) is 32.5 Å². The van der Waals surface area contributed by atoms with Crippen LogP contribution in [0.25, 0.3) is 0 Å². The summed E-state index contributed by atoms with van der Waals surface area (Å²) in [4.78, 5) is 45.3. The Morgan fingerprint density at radius 1 is 0.537 bits per heavy atom. The fourth-order valence-corrected chi connectivity index (χ4v) is 2.37. The Kier molecular flexibility index (Phi) is 39.1. The van der Waals surface area contributed by atoms with E-state index in [1.807, 2.05) is 27.7 Å². The Hall–Kier alpha value is -2.60. The predicted molar refractivity (Wildman–Crippen MR) is 155 cm³/mol. The highest BCUT2D eigenvalue weighted by atomic mass is 16.5. The van der Waals surface area contributed by atoms with Crippen molar-refractivity contribution in [1.29, 1.82) is 0 Å². The van der Waals surface area contributed by atoms with Crippen molar-refractivity contribution in [2.24, 2.45) is 0 Å². The zero-order valence-electron chi connectivity index (χ0n) is 25.7. The monoisotopic (exact) mass is 591 g/mol. The van der Waals surface area contributed by atoms with E-state index in [1.165, 1.54) is 6.92 Å². The minimum absolute atomic E-state index is 0.0426. The first-order chi connectivity index (χ1) is 20.0. The van der Waals surface area contributed by atoms with Crippen LogP contribution < -0.4 is 16.0 Å². The highest BCUT2D eigenvalue weighted by Gasteiger charge is 2.03. The number of carbonyl (C=O) groups excluding carboxylic acids is 4. The summed E-state index contributed by atoms with van der Waals surface area (Å²) in [5, 5.41) is 7.98. The van der Waals surface area contributed by atoms with Gasteiger partial charge in [0.15, 0.2) is 5.78 Å². The zero-order chi connectivity index (χ0) is 31.4. The number of rotatable bonds is 26. The molecule has 0 aromatic carbocycles. The summed E-state index contributed by atoms with van der Waals surface area (Å²) < 4.78 is 31.3.